The predicted octanol–water partition coefficient (Wildman–Crippen LogP) is 4.05. The van der Waals surface area contributed by atoms with Crippen molar-refractivity contribution in [2.24, 2.45) is 0 Å². The van der Waals surface area contributed by atoms with E-state index in [1.807, 2.05) is 12.1 Å². The highest BCUT2D eigenvalue weighted by Gasteiger charge is 2.11. The minimum Gasteiger partial charge on any atom is -0.369 e. The monoisotopic (exact) mass is 386 g/mol. The highest BCUT2D eigenvalue weighted by atomic mass is 35.5. The first-order valence-electron chi connectivity index (χ1n) is 7.20. The molecule has 0 aliphatic heterocycles. The van der Waals surface area contributed by atoms with Gasteiger partial charge in [0.15, 0.2) is 0 Å². The molecule has 1 atom stereocenters. The van der Waals surface area contributed by atoms with Crippen molar-refractivity contribution in [2.45, 2.75) is 9.79 Å². The number of hydrogen-bond donors (Lipinski definition) is 0. The van der Waals surface area contributed by atoms with Crippen LogP contribution in [-0.4, -0.2) is 34.0 Å². The second-order valence-electron chi connectivity index (χ2n) is 4.88. The molecule has 0 spiro atoms. The van der Waals surface area contributed by atoms with Crippen molar-refractivity contribution in [2.75, 3.05) is 29.7 Å². The first-order chi connectivity index (χ1) is 11.6. The Kier molecular flexibility index (Phi) is 7.02. The molecule has 0 amide bonds. The van der Waals surface area contributed by atoms with Gasteiger partial charge in [0.2, 0.25) is 0 Å². The van der Waals surface area contributed by atoms with Gasteiger partial charge in [-0.2, -0.15) is 0 Å². The summed E-state index contributed by atoms with van der Waals surface area (Å²) in [6, 6.07) is 13.0. The number of benzene rings is 2. The topological polar surface area (TPSA) is 63.5 Å². The molecule has 0 saturated heterocycles. The second-order valence-corrected chi connectivity index (χ2v) is 7.11. The molecule has 0 saturated carbocycles. The maximum atomic E-state index is 12.5. The maximum Gasteiger partial charge on any atom is 0.269 e. The Labute approximate surface area is 152 Å². The van der Waals surface area contributed by atoms with Crippen molar-refractivity contribution in [1.29, 1.82) is 0 Å². The van der Waals surface area contributed by atoms with E-state index >= 15 is 0 Å². The number of anilines is 1. The van der Waals surface area contributed by atoms with E-state index in [-0.39, 0.29) is 5.69 Å². The number of nitrogens with zero attached hydrogens (tertiary/aromatic N) is 2. The molecule has 2 aromatic rings. The Hall–Kier alpha value is -1.63. The van der Waals surface area contributed by atoms with Gasteiger partial charge in [0.1, 0.15) is 0 Å². The second kappa shape index (κ2) is 9.01. The van der Waals surface area contributed by atoms with Gasteiger partial charge in [0, 0.05) is 52.5 Å². The molecule has 0 unspecified atom stereocenters. The number of rotatable bonds is 8. The zero-order chi connectivity index (χ0) is 17.5. The summed E-state index contributed by atoms with van der Waals surface area (Å²) in [5.41, 5.74) is 0.935. The van der Waals surface area contributed by atoms with Crippen molar-refractivity contribution in [3.8, 4) is 0 Å². The molecule has 128 valence electrons. The molecule has 0 aliphatic rings. The minimum atomic E-state index is -1.39. The van der Waals surface area contributed by atoms with E-state index in [9.17, 15) is 14.3 Å². The third kappa shape index (κ3) is 4.69. The Morgan fingerprint density at radius 3 is 1.79 bits per heavy atom. The van der Waals surface area contributed by atoms with Crippen molar-refractivity contribution in [1.82, 2.24) is 0 Å². The van der Waals surface area contributed by atoms with E-state index in [1.54, 1.807) is 12.1 Å². The fourth-order valence-corrected chi connectivity index (χ4v) is 3.63. The van der Waals surface area contributed by atoms with E-state index < -0.39 is 15.7 Å². The zero-order valence-corrected chi connectivity index (χ0v) is 15.1. The van der Waals surface area contributed by atoms with Gasteiger partial charge >= 0.3 is 0 Å². The predicted molar refractivity (Wildman–Crippen MR) is 97.9 cm³/mol. The maximum absolute atomic E-state index is 12.5. The van der Waals surface area contributed by atoms with Crippen LogP contribution in [0.2, 0.25) is 0 Å². The average molecular weight is 387 g/mol. The van der Waals surface area contributed by atoms with Gasteiger partial charge in [-0.3, -0.25) is 10.1 Å². The highest BCUT2D eigenvalue weighted by Crippen LogP contribution is 2.22. The molecule has 2 aromatic carbocycles. The van der Waals surface area contributed by atoms with Gasteiger partial charge < -0.3 is 4.90 Å². The van der Waals surface area contributed by atoms with Crippen LogP contribution in [0.25, 0.3) is 0 Å². The summed E-state index contributed by atoms with van der Waals surface area (Å²) >= 11 is 11.6. The molecule has 0 N–H and O–H groups in total. The van der Waals surface area contributed by atoms with E-state index in [4.69, 9.17) is 23.2 Å². The first-order valence-corrected chi connectivity index (χ1v) is 9.42. The largest absolute Gasteiger partial charge is 0.369 e. The Morgan fingerprint density at radius 2 is 1.38 bits per heavy atom. The van der Waals surface area contributed by atoms with Gasteiger partial charge in [-0.15, -0.1) is 23.2 Å². The number of halogens is 2. The van der Waals surface area contributed by atoms with E-state index in [1.165, 1.54) is 24.3 Å². The molecule has 5 nitrogen and oxygen atoms in total. The molecule has 0 aliphatic carbocycles. The highest BCUT2D eigenvalue weighted by molar-refractivity contribution is 7.85. The number of non-ortho nitro benzene ring substituents is 1. The van der Waals surface area contributed by atoms with E-state index in [0.717, 1.165) is 5.69 Å². The van der Waals surface area contributed by atoms with E-state index in [2.05, 4.69) is 4.90 Å². The Morgan fingerprint density at radius 1 is 0.917 bits per heavy atom. The zero-order valence-electron chi connectivity index (χ0n) is 12.7. The van der Waals surface area contributed by atoms with Gasteiger partial charge in [0.05, 0.1) is 15.7 Å². The van der Waals surface area contributed by atoms with Gasteiger partial charge in [-0.1, -0.05) is 0 Å². The molecule has 0 heterocycles. The molecule has 0 aromatic heterocycles. The Bertz CT molecular complexity index is 702. The molecular formula is C16H16Cl2N2O3S. The molecule has 2 rings (SSSR count). The fourth-order valence-electron chi connectivity index (χ4n) is 2.18. The summed E-state index contributed by atoms with van der Waals surface area (Å²) in [6.45, 7) is 1.36. The van der Waals surface area contributed by atoms with Crippen LogP contribution in [0.3, 0.4) is 0 Å². The van der Waals surface area contributed by atoms with Crippen LogP contribution in [0.5, 0.6) is 0 Å². The standard InChI is InChI=1S/C16H16Cl2N2O3S/c17-9-11-19(12-10-18)13-1-5-15(6-2-13)24(23)16-7-3-14(4-8-16)20(21)22/h1-8H,9-12H2/t24-/m0/s1. The molecular weight excluding hydrogens is 371 g/mol. The van der Waals surface area contributed by atoms with Gasteiger partial charge in [0.25, 0.3) is 5.69 Å². The smallest absolute Gasteiger partial charge is 0.269 e. The fraction of sp³-hybridized carbons (Fsp3) is 0.250. The van der Waals surface area contributed by atoms with Gasteiger partial charge in [-0.05, 0) is 36.4 Å². The molecule has 0 bridgehead atoms. The van der Waals surface area contributed by atoms with Crippen LogP contribution in [0.15, 0.2) is 58.3 Å². The number of nitro benzene ring substituents is 1. The lowest BCUT2D eigenvalue weighted by molar-refractivity contribution is -0.384. The summed E-state index contributed by atoms with van der Waals surface area (Å²) in [7, 11) is -1.39. The molecule has 0 radical (unpaired) electrons. The lowest BCUT2D eigenvalue weighted by atomic mass is 10.3. The molecule has 8 heteroatoms. The quantitative estimate of drug-likeness (QED) is 0.390. The summed E-state index contributed by atoms with van der Waals surface area (Å²) < 4.78 is 12.5. The van der Waals surface area contributed by atoms with Crippen LogP contribution >= 0.6 is 23.2 Å². The Balaban J connectivity index is 2.17. The summed E-state index contributed by atoms with van der Waals surface area (Å²) in [5.74, 6) is 0.987. The number of hydrogen-bond acceptors (Lipinski definition) is 4. The first kappa shape index (κ1) is 18.7. The van der Waals surface area contributed by atoms with Crippen LogP contribution < -0.4 is 4.90 Å². The number of nitro groups is 1. The van der Waals surface area contributed by atoms with Gasteiger partial charge in [-0.25, -0.2) is 4.21 Å². The average Bonchev–Trinajstić information content (AvgIpc) is 2.61. The van der Waals surface area contributed by atoms with Crippen LogP contribution in [0.1, 0.15) is 0 Å². The number of alkyl halides is 2. The van der Waals surface area contributed by atoms with Crippen LogP contribution in [0, 0.1) is 10.1 Å². The lowest BCUT2D eigenvalue weighted by Gasteiger charge is -2.22. The van der Waals surface area contributed by atoms with Crippen molar-refractivity contribution >= 4 is 45.4 Å². The summed E-state index contributed by atoms with van der Waals surface area (Å²) in [4.78, 5) is 13.4. The van der Waals surface area contributed by atoms with Crippen LogP contribution in [-0.2, 0) is 10.8 Å². The third-order valence-corrected chi connectivity index (χ3v) is 5.13. The summed E-state index contributed by atoms with van der Waals surface area (Å²) in [6.07, 6.45) is 0. The van der Waals surface area contributed by atoms with E-state index in [0.29, 0.717) is 34.6 Å². The van der Waals surface area contributed by atoms with Crippen LogP contribution in [0.4, 0.5) is 11.4 Å². The minimum absolute atomic E-state index is 0.0242. The summed E-state index contributed by atoms with van der Waals surface area (Å²) in [5, 5.41) is 10.7. The normalized spacial score (nSPS) is 11.9. The third-order valence-electron chi connectivity index (χ3n) is 3.39. The SMILES string of the molecule is O=[N+]([O-])c1ccc([S@@](=O)c2ccc(N(CCCl)CCCl)cc2)cc1. The van der Waals surface area contributed by atoms with Crippen molar-refractivity contribution in [3.63, 3.8) is 0 Å². The lowest BCUT2D eigenvalue weighted by Crippen LogP contribution is -2.27. The molecule has 0 fully saturated rings. The van der Waals surface area contributed by atoms with Crippen molar-refractivity contribution in [3.05, 3.63) is 58.6 Å². The molecule has 24 heavy (non-hydrogen) atoms. The van der Waals surface area contributed by atoms with Crippen molar-refractivity contribution < 1.29 is 9.13 Å².